The van der Waals surface area contributed by atoms with Crippen LogP contribution in [0.1, 0.15) is 0 Å². The van der Waals surface area contributed by atoms with E-state index in [1.807, 2.05) is 24.3 Å². The maximum absolute atomic E-state index is 10.3. The van der Waals surface area contributed by atoms with Crippen molar-refractivity contribution in [2.24, 2.45) is 0 Å². The maximum Gasteiger partial charge on any atom is 0.221 e. The Labute approximate surface area is 155 Å². The first-order valence-corrected chi connectivity index (χ1v) is 8.54. The van der Waals surface area contributed by atoms with Crippen LogP contribution in [0.3, 0.4) is 0 Å². The van der Waals surface area contributed by atoms with Crippen molar-refractivity contribution in [3.63, 3.8) is 0 Å². The number of nitrogens with zero attached hydrogens (tertiary/aromatic N) is 2. The van der Waals surface area contributed by atoms with Crippen molar-refractivity contribution in [3.05, 3.63) is 51.4 Å². The van der Waals surface area contributed by atoms with Crippen LogP contribution >= 0.6 is 31.9 Å². The van der Waals surface area contributed by atoms with E-state index in [0.717, 1.165) is 15.8 Å². The van der Waals surface area contributed by atoms with E-state index >= 15 is 0 Å². The van der Waals surface area contributed by atoms with Gasteiger partial charge in [0.1, 0.15) is 11.5 Å². The van der Waals surface area contributed by atoms with Crippen LogP contribution in [0.2, 0.25) is 0 Å². The first kappa shape index (κ1) is 16.7. The number of benzene rings is 2. The summed E-state index contributed by atoms with van der Waals surface area (Å²) >= 11 is 6.74. The van der Waals surface area contributed by atoms with Crippen LogP contribution in [0.5, 0.6) is 11.5 Å². The second-order valence-electron chi connectivity index (χ2n) is 5.01. The van der Waals surface area contributed by atoms with E-state index in [4.69, 9.17) is 10.5 Å². The van der Waals surface area contributed by atoms with Crippen LogP contribution in [0, 0.1) is 0 Å². The molecule has 0 saturated carbocycles. The van der Waals surface area contributed by atoms with Gasteiger partial charge in [-0.2, -0.15) is 0 Å². The topological polar surface area (TPSA) is 81.3 Å². The second-order valence-corrected chi connectivity index (χ2v) is 6.78. The molecule has 0 fully saturated rings. The number of ether oxygens (including phenoxy) is 1. The Kier molecular flexibility index (Phi) is 4.73. The van der Waals surface area contributed by atoms with Gasteiger partial charge in [0.2, 0.25) is 5.95 Å². The number of phenolic OH excluding ortho intramolecular Hbond substituents is 1. The van der Waals surface area contributed by atoms with E-state index in [-0.39, 0.29) is 11.7 Å². The fourth-order valence-electron chi connectivity index (χ4n) is 2.27. The summed E-state index contributed by atoms with van der Waals surface area (Å²) in [4.78, 5) is 8.53. The minimum atomic E-state index is 0.0944. The molecule has 0 saturated heterocycles. The predicted molar refractivity (Wildman–Crippen MR) is 101 cm³/mol. The Morgan fingerprint density at radius 2 is 1.67 bits per heavy atom. The molecule has 0 spiro atoms. The standard InChI is InChI=1S/C17H13Br2N3O2/c1-24-11-4-2-9(3-5-11)14-8-15(22-17(20)21-14)12-6-10(18)7-13(19)16(12)23/h2-8,23H,1H3,(H2,20,21,22). The SMILES string of the molecule is COc1ccc(-c2cc(-c3cc(Br)cc(Br)c3O)nc(N)n2)cc1. The molecular formula is C17H13Br2N3O2. The van der Waals surface area contributed by atoms with Crippen molar-refractivity contribution in [2.75, 3.05) is 12.8 Å². The molecule has 0 aliphatic carbocycles. The van der Waals surface area contributed by atoms with Crippen LogP contribution in [0.25, 0.3) is 22.5 Å². The van der Waals surface area contributed by atoms with Crippen molar-refractivity contribution < 1.29 is 9.84 Å². The normalized spacial score (nSPS) is 10.6. The van der Waals surface area contributed by atoms with Crippen molar-refractivity contribution in [1.82, 2.24) is 9.97 Å². The number of methoxy groups -OCH3 is 1. The maximum atomic E-state index is 10.3. The summed E-state index contributed by atoms with van der Waals surface area (Å²) in [6, 6.07) is 12.8. The van der Waals surface area contributed by atoms with Gasteiger partial charge in [-0.25, -0.2) is 9.97 Å². The number of phenols is 1. The van der Waals surface area contributed by atoms with E-state index in [0.29, 0.717) is 21.4 Å². The molecule has 0 atom stereocenters. The third kappa shape index (κ3) is 3.37. The predicted octanol–water partition coefficient (Wildman–Crippen LogP) is 4.63. The molecule has 1 aromatic heterocycles. The Morgan fingerprint density at radius 3 is 2.33 bits per heavy atom. The molecule has 3 N–H and O–H groups in total. The summed E-state index contributed by atoms with van der Waals surface area (Å²) in [5.41, 5.74) is 8.49. The summed E-state index contributed by atoms with van der Waals surface area (Å²) in [5, 5.41) is 10.3. The van der Waals surface area contributed by atoms with Gasteiger partial charge in [-0.05, 0) is 58.4 Å². The highest BCUT2D eigenvalue weighted by atomic mass is 79.9. The molecule has 0 aliphatic heterocycles. The number of anilines is 1. The van der Waals surface area contributed by atoms with Crippen LogP contribution in [0.15, 0.2) is 51.4 Å². The van der Waals surface area contributed by atoms with Crippen molar-refractivity contribution in [3.8, 4) is 34.0 Å². The lowest BCUT2D eigenvalue weighted by atomic mass is 10.1. The number of nitrogens with two attached hydrogens (primary N) is 1. The van der Waals surface area contributed by atoms with E-state index in [2.05, 4.69) is 41.8 Å². The minimum Gasteiger partial charge on any atom is -0.506 e. The van der Waals surface area contributed by atoms with E-state index in [1.54, 1.807) is 25.3 Å². The molecule has 7 heteroatoms. The molecule has 0 aliphatic rings. The summed E-state index contributed by atoms with van der Waals surface area (Å²) in [7, 11) is 1.61. The number of halogens is 2. The van der Waals surface area contributed by atoms with Gasteiger partial charge in [-0.3, -0.25) is 0 Å². The molecule has 2 aromatic carbocycles. The zero-order valence-corrected chi connectivity index (χ0v) is 15.8. The van der Waals surface area contributed by atoms with E-state index in [9.17, 15) is 5.11 Å². The molecular weight excluding hydrogens is 438 g/mol. The van der Waals surface area contributed by atoms with Gasteiger partial charge in [0.25, 0.3) is 0 Å². The molecule has 0 amide bonds. The molecule has 122 valence electrons. The molecule has 0 unspecified atom stereocenters. The average molecular weight is 451 g/mol. The lowest BCUT2D eigenvalue weighted by Crippen LogP contribution is -1.99. The molecule has 24 heavy (non-hydrogen) atoms. The molecule has 0 radical (unpaired) electrons. The van der Waals surface area contributed by atoms with Crippen molar-refractivity contribution in [2.45, 2.75) is 0 Å². The largest absolute Gasteiger partial charge is 0.506 e. The van der Waals surface area contributed by atoms with Gasteiger partial charge in [0.05, 0.1) is 23.0 Å². The first-order chi connectivity index (χ1) is 11.5. The van der Waals surface area contributed by atoms with Crippen LogP contribution in [-0.4, -0.2) is 22.2 Å². The highest BCUT2D eigenvalue weighted by Crippen LogP contribution is 2.38. The van der Waals surface area contributed by atoms with Crippen LogP contribution in [0.4, 0.5) is 5.95 Å². The number of hydrogen-bond acceptors (Lipinski definition) is 5. The lowest BCUT2D eigenvalue weighted by Gasteiger charge is -2.10. The zero-order chi connectivity index (χ0) is 17.3. The van der Waals surface area contributed by atoms with Gasteiger partial charge in [-0.15, -0.1) is 0 Å². The molecule has 3 aromatic rings. The first-order valence-electron chi connectivity index (χ1n) is 6.95. The zero-order valence-electron chi connectivity index (χ0n) is 12.6. The molecule has 5 nitrogen and oxygen atoms in total. The van der Waals surface area contributed by atoms with Gasteiger partial charge >= 0.3 is 0 Å². The highest BCUT2D eigenvalue weighted by molar-refractivity contribution is 9.11. The Hall–Kier alpha value is -2.12. The number of aromatic hydroxyl groups is 1. The Bertz CT molecular complexity index is 899. The number of hydrogen-bond donors (Lipinski definition) is 2. The van der Waals surface area contributed by atoms with E-state index in [1.165, 1.54) is 0 Å². The van der Waals surface area contributed by atoms with E-state index < -0.39 is 0 Å². The highest BCUT2D eigenvalue weighted by Gasteiger charge is 2.14. The molecule has 0 bridgehead atoms. The summed E-state index contributed by atoms with van der Waals surface area (Å²) in [6.07, 6.45) is 0. The molecule has 3 rings (SSSR count). The third-order valence-electron chi connectivity index (χ3n) is 3.43. The third-order valence-corrected chi connectivity index (χ3v) is 4.50. The second kappa shape index (κ2) is 6.78. The van der Waals surface area contributed by atoms with Gasteiger partial charge in [0.15, 0.2) is 0 Å². The monoisotopic (exact) mass is 449 g/mol. The van der Waals surface area contributed by atoms with Crippen molar-refractivity contribution >= 4 is 37.8 Å². The number of rotatable bonds is 3. The summed E-state index contributed by atoms with van der Waals surface area (Å²) < 4.78 is 6.54. The minimum absolute atomic E-state index is 0.0944. The van der Waals surface area contributed by atoms with Crippen molar-refractivity contribution in [1.29, 1.82) is 0 Å². The smallest absolute Gasteiger partial charge is 0.221 e. The Balaban J connectivity index is 2.13. The quantitative estimate of drug-likeness (QED) is 0.607. The average Bonchev–Trinajstić information content (AvgIpc) is 2.57. The fourth-order valence-corrected chi connectivity index (χ4v) is 3.50. The van der Waals surface area contributed by atoms with Gasteiger partial charge in [-0.1, -0.05) is 15.9 Å². The van der Waals surface area contributed by atoms with Gasteiger partial charge in [0, 0.05) is 15.6 Å². The lowest BCUT2D eigenvalue weighted by molar-refractivity contribution is 0.415. The fraction of sp³-hybridized carbons (Fsp3) is 0.0588. The molecule has 1 heterocycles. The van der Waals surface area contributed by atoms with Crippen LogP contribution in [-0.2, 0) is 0 Å². The summed E-state index contributed by atoms with van der Waals surface area (Å²) in [5.74, 6) is 0.986. The van der Waals surface area contributed by atoms with Gasteiger partial charge < -0.3 is 15.6 Å². The number of nitrogen functional groups attached to an aromatic ring is 1. The Morgan fingerprint density at radius 1 is 1.00 bits per heavy atom. The summed E-state index contributed by atoms with van der Waals surface area (Å²) in [6.45, 7) is 0. The number of aromatic nitrogens is 2. The van der Waals surface area contributed by atoms with Crippen LogP contribution < -0.4 is 10.5 Å².